The Bertz CT molecular complexity index is 474. The smallest absolute Gasteiger partial charge is 0.311 e. The Labute approximate surface area is 126 Å². The summed E-state index contributed by atoms with van der Waals surface area (Å²) in [5.41, 5.74) is -0.581. The van der Waals surface area contributed by atoms with Crippen molar-refractivity contribution in [1.29, 1.82) is 0 Å². The third kappa shape index (κ3) is 2.73. The fraction of sp³-hybridized carbons (Fsp3) is 0.643. The Balaban J connectivity index is 2.15. The van der Waals surface area contributed by atoms with E-state index < -0.39 is 11.4 Å². The molecule has 1 saturated heterocycles. The van der Waals surface area contributed by atoms with Crippen LogP contribution in [0, 0.1) is 11.3 Å². The molecule has 19 heavy (non-hydrogen) atoms. The standard InChI is InChI=1S/C14H20BrNO2S/c1-9(2)14(13(17)18)4-5-16(8-14)10(3)12-6-11(15)7-19-12/h6-7,9-10H,4-5,8H2,1-3H3,(H,17,18). The largest absolute Gasteiger partial charge is 0.481 e. The highest BCUT2D eigenvalue weighted by molar-refractivity contribution is 9.10. The van der Waals surface area contributed by atoms with Gasteiger partial charge in [0.25, 0.3) is 0 Å². The zero-order valence-electron chi connectivity index (χ0n) is 11.5. The average molecular weight is 346 g/mol. The molecule has 0 aliphatic carbocycles. The summed E-state index contributed by atoms with van der Waals surface area (Å²) in [5, 5.41) is 11.7. The topological polar surface area (TPSA) is 40.5 Å². The number of nitrogens with zero attached hydrogens (tertiary/aromatic N) is 1. The second kappa shape index (κ2) is 5.54. The lowest BCUT2D eigenvalue weighted by molar-refractivity contribution is -0.151. The summed E-state index contributed by atoms with van der Waals surface area (Å²) in [5.74, 6) is -0.484. The molecule has 0 aromatic carbocycles. The van der Waals surface area contributed by atoms with E-state index in [2.05, 4.69) is 39.2 Å². The lowest BCUT2D eigenvalue weighted by atomic mass is 9.76. The highest BCUT2D eigenvalue weighted by atomic mass is 79.9. The second-order valence-electron chi connectivity index (χ2n) is 5.68. The van der Waals surface area contributed by atoms with Crippen LogP contribution in [-0.2, 0) is 4.79 Å². The Kier molecular flexibility index (Phi) is 4.38. The zero-order chi connectivity index (χ0) is 14.2. The highest BCUT2D eigenvalue weighted by Gasteiger charge is 2.48. The summed E-state index contributed by atoms with van der Waals surface area (Å²) in [6.45, 7) is 7.71. The number of carbonyl (C=O) groups is 1. The predicted molar refractivity (Wildman–Crippen MR) is 81.5 cm³/mol. The summed E-state index contributed by atoms with van der Waals surface area (Å²) in [6.07, 6.45) is 0.747. The lowest BCUT2D eigenvalue weighted by Crippen LogP contribution is -2.39. The molecule has 1 aromatic heterocycles. The van der Waals surface area contributed by atoms with Gasteiger partial charge in [0.15, 0.2) is 0 Å². The fourth-order valence-electron chi connectivity index (χ4n) is 2.81. The molecule has 1 aliphatic heterocycles. The van der Waals surface area contributed by atoms with Crippen LogP contribution in [0.25, 0.3) is 0 Å². The van der Waals surface area contributed by atoms with Gasteiger partial charge in [0.2, 0.25) is 0 Å². The third-order valence-electron chi connectivity index (χ3n) is 4.41. The summed E-state index contributed by atoms with van der Waals surface area (Å²) in [7, 11) is 0. The molecule has 0 spiro atoms. The summed E-state index contributed by atoms with van der Waals surface area (Å²) < 4.78 is 1.10. The van der Waals surface area contributed by atoms with Crippen LogP contribution in [0.2, 0.25) is 0 Å². The van der Waals surface area contributed by atoms with Crippen molar-refractivity contribution in [3.8, 4) is 0 Å². The van der Waals surface area contributed by atoms with Gasteiger partial charge in [-0.05, 0) is 47.8 Å². The minimum atomic E-state index is -0.649. The van der Waals surface area contributed by atoms with Crippen LogP contribution in [0.4, 0.5) is 0 Å². The molecule has 2 heterocycles. The number of likely N-dealkylation sites (tertiary alicyclic amines) is 1. The molecular weight excluding hydrogens is 326 g/mol. The average Bonchev–Trinajstić information content (AvgIpc) is 2.94. The van der Waals surface area contributed by atoms with Crippen LogP contribution in [0.1, 0.15) is 38.1 Å². The first-order valence-electron chi connectivity index (χ1n) is 6.58. The van der Waals surface area contributed by atoms with E-state index >= 15 is 0 Å². The number of thiophene rings is 1. The molecule has 2 atom stereocenters. The first kappa shape index (κ1) is 15.0. The van der Waals surface area contributed by atoms with Crippen molar-refractivity contribution in [3.05, 3.63) is 20.8 Å². The maximum Gasteiger partial charge on any atom is 0.311 e. The van der Waals surface area contributed by atoms with E-state index in [9.17, 15) is 9.90 Å². The Hall–Kier alpha value is -0.390. The molecule has 1 aliphatic rings. The van der Waals surface area contributed by atoms with Gasteiger partial charge in [-0.3, -0.25) is 9.69 Å². The van der Waals surface area contributed by atoms with E-state index in [4.69, 9.17) is 0 Å². The maximum atomic E-state index is 11.6. The molecule has 3 nitrogen and oxygen atoms in total. The normalized spacial score (nSPS) is 25.9. The number of carboxylic acid groups (broad SMARTS) is 1. The van der Waals surface area contributed by atoms with Gasteiger partial charge in [-0.15, -0.1) is 11.3 Å². The zero-order valence-corrected chi connectivity index (χ0v) is 13.9. The summed E-state index contributed by atoms with van der Waals surface area (Å²) in [6, 6.07) is 2.42. The van der Waals surface area contributed by atoms with Crippen molar-refractivity contribution < 1.29 is 9.90 Å². The highest BCUT2D eigenvalue weighted by Crippen LogP contribution is 2.42. The summed E-state index contributed by atoms with van der Waals surface area (Å²) >= 11 is 5.20. The van der Waals surface area contributed by atoms with E-state index in [0.717, 1.165) is 17.4 Å². The van der Waals surface area contributed by atoms with Crippen molar-refractivity contribution in [2.75, 3.05) is 13.1 Å². The summed E-state index contributed by atoms with van der Waals surface area (Å²) in [4.78, 5) is 15.2. The number of hydrogen-bond acceptors (Lipinski definition) is 3. The first-order chi connectivity index (χ1) is 8.86. The van der Waals surface area contributed by atoms with Crippen LogP contribution < -0.4 is 0 Å². The third-order valence-corrected chi connectivity index (χ3v) is 6.27. The van der Waals surface area contributed by atoms with Gasteiger partial charge in [0.1, 0.15) is 0 Å². The van der Waals surface area contributed by atoms with E-state index in [1.807, 2.05) is 13.8 Å². The Morgan fingerprint density at radius 2 is 2.21 bits per heavy atom. The molecule has 0 saturated carbocycles. The van der Waals surface area contributed by atoms with E-state index in [-0.39, 0.29) is 12.0 Å². The SMILES string of the molecule is CC(c1cc(Br)cs1)N1CCC(C(=O)O)(C(C)C)C1. The molecule has 1 aromatic rings. The molecular formula is C14H20BrNO2S. The van der Waals surface area contributed by atoms with Gasteiger partial charge in [0.05, 0.1) is 5.41 Å². The van der Waals surface area contributed by atoms with Crippen molar-refractivity contribution in [3.63, 3.8) is 0 Å². The number of halogens is 1. The molecule has 2 unspecified atom stereocenters. The molecule has 0 bridgehead atoms. The number of hydrogen-bond donors (Lipinski definition) is 1. The monoisotopic (exact) mass is 345 g/mol. The first-order valence-corrected chi connectivity index (χ1v) is 8.25. The molecule has 106 valence electrons. The number of rotatable bonds is 4. The van der Waals surface area contributed by atoms with Crippen molar-refractivity contribution in [2.45, 2.75) is 33.2 Å². The molecule has 1 fully saturated rings. The molecule has 2 rings (SSSR count). The Morgan fingerprint density at radius 3 is 2.63 bits per heavy atom. The quantitative estimate of drug-likeness (QED) is 0.896. The minimum absolute atomic E-state index is 0.164. The second-order valence-corrected chi connectivity index (χ2v) is 7.54. The lowest BCUT2D eigenvalue weighted by Gasteiger charge is -2.30. The van der Waals surface area contributed by atoms with Crippen molar-refractivity contribution >= 4 is 33.2 Å². The van der Waals surface area contributed by atoms with Crippen LogP contribution in [0.15, 0.2) is 15.9 Å². The van der Waals surface area contributed by atoms with Crippen LogP contribution in [-0.4, -0.2) is 29.1 Å². The maximum absolute atomic E-state index is 11.6. The molecule has 1 N–H and O–H groups in total. The van der Waals surface area contributed by atoms with Crippen molar-refractivity contribution in [2.24, 2.45) is 11.3 Å². The van der Waals surface area contributed by atoms with Crippen LogP contribution in [0.3, 0.4) is 0 Å². The predicted octanol–water partition coefficient (Wildman–Crippen LogP) is 4.00. The van der Waals surface area contributed by atoms with Crippen LogP contribution in [0.5, 0.6) is 0 Å². The molecule has 0 radical (unpaired) electrons. The van der Waals surface area contributed by atoms with E-state index in [0.29, 0.717) is 6.54 Å². The van der Waals surface area contributed by atoms with Crippen LogP contribution >= 0.6 is 27.3 Å². The molecule has 0 amide bonds. The number of aliphatic carboxylic acids is 1. The molecule has 5 heteroatoms. The number of carboxylic acids is 1. The van der Waals surface area contributed by atoms with Gasteiger partial charge < -0.3 is 5.11 Å². The Morgan fingerprint density at radius 1 is 1.53 bits per heavy atom. The van der Waals surface area contributed by atoms with Gasteiger partial charge in [-0.25, -0.2) is 0 Å². The van der Waals surface area contributed by atoms with Gasteiger partial charge in [-0.1, -0.05) is 13.8 Å². The van der Waals surface area contributed by atoms with Gasteiger partial charge >= 0.3 is 5.97 Å². The van der Waals surface area contributed by atoms with Crippen molar-refractivity contribution in [1.82, 2.24) is 4.90 Å². The van der Waals surface area contributed by atoms with Gasteiger partial charge in [0, 0.05) is 27.3 Å². The minimum Gasteiger partial charge on any atom is -0.481 e. The van der Waals surface area contributed by atoms with E-state index in [1.165, 1.54) is 4.88 Å². The fourth-order valence-corrected chi connectivity index (χ4v) is 4.35. The van der Waals surface area contributed by atoms with Gasteiger partial charge in [-0.2, -0.15) is 0 Å². The van der Waals surface area contributed by atoms with E-state index in [1.54, 1.807) is 11.3 Å².